The number of Topliss-reactive ketones (excluding diaryl/α,β-unsaturated/α-hetero) is 1. The van der Waals surface area contributed by atoms with Crippen LogP contribution in [0.15, 0.2) is 48.5 Å². The maximum Gasteiger partial charge on any atom is 0.176 e. The van der Waals surface area contributed by atoms with Gasteiger partial charge < -0.3 is 5.11 Å². The molecule has 0 bridgehead atoms. The number of phenols is 1. The van der Waals surface area contributed by atoms with Crippen LogP contribution in [0.4, 0.5) is 0 Å². The van der Waals surface area contributed by atoms with E-state index in [4.69, 9.17) is 5.26 Å². The maximum absolute atomic E-state index is 12.1. The number of nitrogens with zero attached hydrogens (tertiary/aromatic N) is 2. The minimum Gasteiger partial charge on any atom is -0.508 e. The van der Waals surface area contributed by atoms with Crippen LogP contribution in [0.1, 0.15) is 21.5 Å². The topological polar surface area (TPSA) is 64.3 Å². The van der Waals surface area contributed by atoms with Crippen molar-refractivity contribution in [1.82, 2.24) is 4.90 Å². The molecule has 0 unspecified atom stereocenters. The van der Waals surface area contributed by atoms with Gasteiger partial charge in [-0.1, -0.05) is 12.1 Å². The first-order chi connectivity index (χ1) is 10.1. The van der Waals surface area contributed by atoms with Crippen molar-refractivity contribution in [2.75, 3.05) is 13.6 Å². The molecular weight excluding hydrogens is 264 g/mol. The number of carbonyl (C=O) groups excluding carboxylic acids is 1. The standard InChI is InChI=1S/C17H16N2O2/c1-19(11-14-4-2-3-13(9-14)10-18)12-17(21)15-5-7-16(20)8-6-15/h2-9,20H,11-12H2,1H3. The Bertz CT molecular complexity index is 672. The molecule has 0 heterocycles. The highest BCUT2D eigenvalue weighted by atomic mass is 16.3. The molecule has 4 nitrogen and oxygen atoms in total. The van der Waals surface area contributed by atoms with E-state index in [1.54, 1.807) is 18.2 Å². The number of benzene rings is 2. The lowest BCUT2D eigenvalue weighted by atomic mass is 10.1. The van der Waals surface area contributed by atoms with Crippen LogP contribution >= 0.6 is 0 Å². The first-order valence-corrected chi connectivity index (χ1v) is 6.58. The maximum atomic E-state index is 12.1. The lowest BCUT2D eigenvalue weighted by molar-refractivity contribution is 0.0943. The molecule has 4 heteroatoms. The number of aromatic hydroxyl groups is 1. The van der Waals surface area contributed by atoms with Crippen molar-refractivity contribution >= 4 is 5.78 Å². The van der Waals surface area contributed by atoms with Gasteiger partial charge in [0, 0.05) is 12.1 Å². The fraction of sp³-hybridized carbons (Fsp3) is 0.176. The van der Waals surface area contributed by atoms with E-state index in [1.165, 1.54) is 12.1 Å². The highest BCUT2D eigenvalue weighted by Crippen LogP contribution is 2.11. The summed E-state index contributed by atoms with van der Waals surface area (Å²) in [7, 11) is 1.86. The molecule has 0 amide bonds. The summed E-state index contributed by atoms with van der Waals surface area (Å²) >= 11 is 0. The molecule has 21 heavy (non-hydrogen) atoms. The van der Waals surface area contributed by atoms with Gasteiger partial charge in [-0.2, -0.15) is 5.26 Å². The largest absolute Gasteiger partial charge is 0.508 e. The third-order valence-electron chi connectivity index (χ3n) is 3.11. The second-order valence-electron chi connectivity index (χ2n) is 4.95. The quantitative estimate of drug-likeness (QED) is 0.855. The Morgan fingerprint density at radius 1 is 1.24 bits per heavy atom. The van der Waals surface area contributed by atoms with E-state index in [0.29, 0.717) is 17.7 Å². The van der Waals surface area contributed by atoms with Crippen LogP contribution in [0.3, 0.4) is 0 Å². The number of phenolic OH excluding ortho intramolecular Hbond substituents is 1. The van der Waals surface area contributed by atoms with E-state index in [9.17, 15) is 9.90 Å². The molecule has 2 aromatic carbocycles. The van der Waals surface area contributed by atoms with E-state index in [0.717, 1.165) is 5.56 Å². The highest BCUT2D eigenvalue weighted by molar-refractivity contribution is 5.97. The smallest absolute Gasteiger partial charge is 0.176 e. The molecular formula is C17H16N2O2. The zero-order valence-corrected chi connectivity index (χ0v) is 11.8. The fourth-order valence-corrected chi connectivity index (χ4v) is 2.09. The molecule has 0 aliphatic heterocycles. The van der Waals surface area contributed by atoms with Gasteiger partial charge in [-0.25, -0.2) is 0 Å². The number of rotatable bonds is 5. The van der Waals surface area contributed by atoms with Crippen LogP contribution in [0, 0.1) is 11.3 Å². The van der Waals surface area contributed by atoms with Crippen LogP contribution in [0.25, 0.3) is 0 Å². The van der Waals surface area contributed by atoms with E-state index >= 15 is 0 Å². The molecule has 0 atom stereocenters. The molecule has 2 rings (SSSR count). The summed E-state index contributed by atoms with van der Waals surface area (Å²) in [5.41, 5.74) is 2.19. The number of carbonyl (C=O) groups is 1. The van der Waals surface area contributed by atoms with Gasteiger partial charge >= 0.3 is 0 Å². The SMILES string of the molecule is CN(CC(=O)c1ccc(O)cc1)Cc1cccc(C#N)c1. The van der Waals surface area contributed by atoms with Crippen molar-refractivity contribution in [2.24, 2.45) is 0 Å². The Balaban J connectivity index is 1.98. The van der Waals surface area contributed by atoms with Gasteiger partial charge in [0.1, 0.15) is 5.75 Å². The third kappa shape index (κ3) is 4.16. The monoisotopic (exact) mass is 280 g/mol. The number of hydrogen-bond donors (Lipinski definition) is 1. The number of likely N-dealkylation sites (N-methyl/N-ethyl adjacent to an activating group) is 1. The van der Waals surface area contributed by atoms with Gasteiger partial charge in [-0.3, -0.25) is 9.69 Å². The summed E-state index contributed by atoms with van der Waals surface area (Å²) in [5.74, 6) is 0.141. The summed E-state index contributed by atoms with van der Waals surface area (Å²) in [5, 5.41) is 18.1. The molecule has 1 N–H and O–H groups in total. The van der Waals surface area contributed by atoms with Crippen molar-refractivity contribution in [1.29, 1.82) is 5.26 Å². The average Bonchev–Trinajstić information content (AvgIpc) is 2.47. The van der Waals surface area contributed by atoms with E-state index in [-0.39, 0.29) is 18.1 Å². The Kier molecular flexibility index (Phi) is 4.70. The van der Waals surface area contributed by atoms with Crippen LogP contribution < -0.4 is 0 Å². The van der Waals surface area contributed by atoms with Gasteiger partial charge in [-0.15, -0.1) is 0 Å². The molecule has 0 saturated carbocycles. The van der Waals surface area contributed by atoms with Gasteiger partial charge in [0.05, 0.1) is 18.2 Å². The Hall–Kier alpha value is -2.64. The third-order valence-corrected chi connectivity index (χ3v) is 3.11. The van der Waals surface area contributed by atoms with E-state index < -0.39 is 0 Å². The summed E-state index contributed by atoms with van der Waals surface area (Å²) in [6.45, 7) is 0.876. The molecule has 0 spiro atoms. The normalized spacial score (nSPS) is 10.3. The first kappa shape index (κ1) is 14.8. The molecule has 0 aliphatic carbocycles. The zero-order chi connectivity index (χ0) is 15.2. The molecule has 0 aliphatic rings. The first-order valence-electron chi connectivity index (χ1n) is 6.58. The van der Waals surface area contributed by atoms with Crippen molar-refractivity contribution in [3.63, 3.8) is 0 Å². The number of ketones is 1. The lowest BCUT2D eigenvalue weighted by Gasteiger charge is -2.16. The molecule has 0 aromatic heterocycles. The molecule has 0 radical (unpaired) electrons. The second-order valence-corrected chi connectivity index (χ2v) is 4.95. The Labute approximate surface area is 123 Å². The van der Waals surface area contributed by atoms with Gasteiger partial charge in [0.15, 0.2) is 5.78 Å². The molecule has 106 valence electrons. The zero-order valence-electron chi connectivity index (χ0n) is 11.8. The predicted octanol–water partition coefficient (Wildman–Crippen LogP) is 2.58. The predicted molar refractivity (Wildman–Crippen MR) is 79.9 cm³/mol. The number of hydrogen-bond acceptors (Lipinski definition) is 4. The molecule has 0 saturated heterocycles. The van der Waals surface area contributed by atoms with Crippen molar-refractivity contribution in [3.05, 3.63) is 65.2 Å². The minimum absolute atomic E-state index is 0.00561. The van der Waals surface area contributed by atoms with E-state index in [2.05, 4.69) is 6.07 Å². The Morgan fingerprint density at radius 3 is 2.62 bits per heavy atom. The summed E-state index contributed by atoms with van der Waals surface area (Å²) in [6.07, 6.45) is 0. The summed E-state index contributed by atoms with van der Waals surface area (Å²) < 4.78 is 0. The summed E-state index contributed by atoms with van der Waals surface area (Å²) in [6, 6.07) is 15.7. The van der Waals surface area contributed by atoms with Gasteiger partial charge in [-0.05, 0) is 49.0 Å². The van der Waals surface area contributed by atoms with Gasteiger partial charge in [0.2, 0.25) is 0 Å². The minimum atomic E-state index is -0.00561. The highest BCUT2D eigenvalue weighted by Gasteiger charge is 2.10. The fourth-order valence-electron chi connectivity index (χ4n) is 2.09. The molecule has 0 fully saturated rings. The van der Waals surface area contributed by atoms with E-state index in [1.807, 2.05) is 30.1 Å². The van der Waals surface area contributed by atoms with Crippen LogP contribution in [-0.4, -0.2) is 29.4 Å². The van der Waals surface area contributed by atoms with Crippen LogP contribution in [-0.2, 0) is 6.54 Å². The average molecular weight is 280 g/mol. The lowest BCUT2D eigenvalue weighted by Crippen LogP contribution is -2.25. The van der Waals surface area contributed by atoms with Gasteiger partial charge in [0.25, 0.3) is 0 Å². The second kappa shape index (κ2) is 6.69. The van der Waals surface area contributed by atoms with Crippen LogP contribution in [0.2, 0.25) is 0 Å². The van der Waals surface area contributed by atoms with Crippen molar-refractivity contribution in [2.45, 2.75) is 6.54 Å². The molecule has 2 aromatic rings. The van der Waals surface area contributed by atoms with Crippen molar-refractivity contribution in [3.8, 4) is 11.8 Å². The van der Waals surface area contributed by atoms with Crippen LogP contribution in [0.5, 0.6) is 5.75 Å². The summed E-state index contributed by atoms with van der Waals surface area (Å²) in [4.78, 5) is 14.0. The van der Waals surface area contributed by atoms with Crippen molar-refractivity contribution < 1.29 is 9.90 Å². The number of nitriles is 1. The Morgan fingerprint density at radius 2 is 1.95 bits per heavy atom.